The number of carbonyl (C=O) groups excluding carboxylic acids is 1. The number of amides is 1. The standard InChI is InChI=1S/C18H21ClN2O3S/c1-13-4-10-17(11-5-13)25(23,24)21(3)12-18(22)20-14(2)15-6-8-16(19)9-7-15/h4-11,14H,12H2,1-3H3,(H,20,22)/t14-/m0/s1. The summed E-state index contributed by atoms with van der Waals surface area (Å²) >= 11 is 5.85. The molecule has 0 unspecified atom stereocenters. The van der Waals surface area contributed by atoms with Crippen molar-refractivity contribution in [3.05, 3.63) is 64.7 Å². The first-order valence-corrected chi connectivity index (χ1v) is 9.60. The fourth-order valence-corrected chi connectivity index (χ4v) is 3.55. The van der Waals surface area contributed by atoms with Crippen LogP contribution in [0.5, 0.6) is 0 Å². The van der Waals surface area contributed by atoms with Gasteiger partial charge in [0.15, 0.2) is 0 Å². The maximum atomic E-state index is 12.5. The molecule has 134 valence electrons. The lowest BCUT2D eigenvalue weighted by molar-refractivity contribution is -0.121. The van der Waals surface area contributed by atoms with Crippen LogP contribution in [0.4, 0.5) is 0 Å². The summed E-state index contributed by atoms with van der Waals surface area (Å²) in [6.45, 7) is 3.45. The van der Waals surface area contributed by atoms with E-state index in [9.17, 15) is 13.2 Å². The zero-order valence-electron chi connectivity index (χ0n) is 14.4. The van der Waals surface area contributed by atoms with E-state index in [0.29, 0.717) is 5.02 Å². The van der Waals surface area contributed by atoms with E-state index in [1.165, 1.54) is 19.2 Å². The molecule has 7 heteroatoms. The van der Waals surface area contributed by atoms with E-state index in [-0.39, 0.29) is 23.4 Å². The molecule has 1 N–H and O–H groups in total. The van der Waals surface area contributed by atoms with Gasteiger partial charge >= 0.3 is 0 Å². The molecular weight excluding hydrogens is 360 g/mol. The molecular formula is C18H21ClN2O3S. The fourth-order valence-electron chi connectivity index (χ4n) is 2.30. The zero-order valence-corrected chi connectivity index (χ0v) is 15.9. The van der Waals surface area contributed by atoms with E-state index in [0.717, 1.165) is 15.4 Å². The van der Waals surface area contributed by atoms with Crippen molar-refractivity contribution in [1.82, 2.24) is 9.62 Å². The van der Waals surface area contributed by atoms with E-state index < -0.39 is 10.0 Å². The molecule has 1 atom stereocenters. The average Bonchev–Trinajstić information content (AvgIpc) is 2.55. The van der Waals surface area contributed by atoms with Gasteiger partial charge in [-0.3, -0.25) is 4.79 Å². The van der Waals surface area contributed by atoms with Crippen LogP contribution in [0, 0.1) is 6.92 Å². The van der Waals surface area contributed by atoms with Crippen molar-refractivity contribution in [2.24, 2.45) is 0 Å². The van der Waals surface area contributed by atoms with Crippen molar-refractivity contribution in [2.75, 3.05) is 13.6 Å². The number of sulfonamides is 1. The van der Waals surface area contributed by atoms with E-state index in [2.05, 4.69) is 5.32 Å². The van der Waals surface area contributed by atoms with Gasteiger partial charge in [-0.05, 0) is 43.7 Å². The second kappa shape index (κ2) is 7.99. The Morgan fingerprint density at radius 1 is 1.12 bits per heavy atom. The van der Waals surface area contributed by atoms with Gasteiger partial charge in [0.25, 0.3) is 0 Å². The summed E-state index contributed by atoms with van der Waals surface area (Å²) in [5.41, 5.74) is 1.86. The molecule has 0 radical (unpaired) electrons. The first-order chi connectivity index (χ1) is 11.7. The molecule has 0 aliphatic carbocycles. The van der Waals surface area contributed by atoms with Gasteiger partial charge < -0.3 is 5.32 Å². The molecule has 0 spiro atoms. The van der Waals surface area contributed by atoms with Crippen molar-refractivity contribution in [3.63, 3.8) is 0 Å². The molecule has 1 amide bonds. The topological polar surface area (TPSA) is 66.5 Å². The molecule has 0 aliphatic heterocycles. The molecule has 0 saturated heterocycles. The molecule has 2 rings (SSSR count). The molecule has 25 heavy (non-hydrogen) atoms. The summed E-state index contributed by atoms with van der Waals surface area (Å²) in [6, 6.07) is 13.4. The lowest BCUT2D eigenvalue weighted by Gasteiger charge is -2.19. The molecule has 2 aromatic carbocycles. The minimum absolute atomic E-state index is 0.166. The number of hydrogen-bond donors (Lipinski definition) is 1. The molecule has 0 fully saturated rings. The summed E-state index contributed by atoms with van der Waals surface area (Å²) in [7, 11) is -2.31. The van der Waals surface area contributed by atoms with E-state index in [4.69, 9.17) is 11.6 Å². The third-order valence-corrected chi connectivity index (χ3v) is 5.91. The molecule has 0 bridgehead atoms. The van der Waals surface area contributed by atoms with Gasteiger partial charge in [-0.15, -0.1) is 0 Å². The van der Waals surface area contributed by atoms with Crippen LogP contribution < -0.4 is 5.32 Å². The van der Waals surface area contributed by atoms with Gasteiger partial charge in [0, 0.05) is 12.1 Å². The summed E-state index contributed by atoms with van der Waals surface area (Å²) in [5, 5.41) is 3.41. The molecule has 0 aromatic heterocycles. The predicted molar refractivity (Wildman–Crippen MR) is 99.0 cm³/mol. The minimum Gasteiger partial charge on any atom is -0.348 e. The summed E-state index contributed by atoms with van der Waals surface area (Å²) in [5.74, 6) is -0.374. The van der Waals surface area contributed by atoms with Gasteiger partial charge in [-0.2, -0.15) is 4.31 Å². The summed E-state index contributed by atoms with van der Waals surface area (Å²) < 4.78 is 26.1. The number of likely N-dealkylation sites (N-methyl/N-ethyl adjacent to an activating group) is 1. The number of benzene rings is 2. The average molecular weight is 381 g/mol. The molecule has 5 nitrogen and oxygen atoms in total. The second-order valence-corrected chi connectivity index (χ2v) is 8.40. The normalized spacial score (nSPS) is 12.8. The monoisotopic (exact) mass is 380 g/mol. The quantitative estimate of drug-likeness (QED) is 0.837. The number of halogens is 1. The fraction of sp³-hybridized carbons (Fsp3) is 0.278. The Hall–Kier alpha value is -1.89. The third kappa shape index (κ3) is 5.04. The van der Waals surface area contributed by atoms with Gasteiger partial charge in [0.05, 0.1) is 17.5 Å². The highest BCUT2D eigenvalue weighted by Gasteiger charge is 2.23. The Balaban J connectivity index is 2.01. The second-order valence-electron chi connectivity index (χ2n) is 5.91. The number of carbonyl (C=O) groups is 1. The Bertz CT molecular complexity index is 834. The van der Waals surface area contributed by atoms with E-state index in [1.54, 1.807) is 24.3 Å². The first-order valence-electron chi connectivity index (χ1n) is 7.78. The molecule has 0 saturated carbocycles. The number of nitrogens with zero attached hydrogens (tertiary/aromatic N) is 1. The summed E-state index contributed by atoms with van der Waals surface area (Å²) in [6.07, 6.45) is 0. The maximum Gasteiger partial charge on any atom is 0.243 e. The van der Waals surface area contributed by atoms with Crippen LogP contribution in [-0.2, 0) is 14.8 Å². The lowest BCUT2D eigenvalue weighted by Crippen LogP contribution is -2.39. The van der Waals surface area contributed by atoms with Gasteiger partial charge in [-0.1, -0.05) is 41.4 Å². The van der Waals surface area contributed by atoms with Crippen LogP contribution in [0.15, 0.2) is 53.4 Å². The predicted octanol–water partition coefficient (Wildman–Crippen LogP) is 3.15. The summed E-state index contributed by atoms with van der Waals surface area (Å²) in [4.78, 5) is 12.4. The smallest absolute Gasteiger partial charge is 0.243 e. The molecule has 0 aliphatic rings. The van der Waals surface area contributed by atoms with Gasteiger partial charge in [-0.25, -0.2) is 8.42 Å². The Morgan fingerprint density at radius 2 is 1.68 bits per heavy atom. The number of hydrogen-bond acceptors (Lipinski definition) is 3. The van der Waals surface area contributed by atoms with Crippen LogP contribution in [0.1, 0.15) is 24.1 Å². The van der Waals surface area contributed by atoms with Crippen molar-refractivity contribution < 1.29 is 13.2 Å². The Kier molecular flexibility index (Phi) is 6.21. The SMILES string of the molecule is Cc1ccc(S(=O)(=O)N(C)CC(=O)N[C@@H](C)c2ccc(Cl)cc2)cc1. The van der Waals surface area contributed by atoms with Crippen LogP contribution in [-0.4, -0.2) is 32.2 Å². The lowest BCUT2D eigenvalue weighted by atomic mass is 10.1. The minimum atomic E-state index is -3.70. The Labute approximate surface area is 153 Å². The number of aryl methyl sites for hydroxylation is 1. The highest BCUT2D eigenvalue weighted by molar-refractivity contribution is 7.89. The van der Waals surface area contributed by atoms with Crippen LogP contribution in [0.3, 0.4) is 0 Å². The van der Waals surface area contributed by atoms with Crippen LogP contribution in [0.2, 0.25) is 5.02 Å². The van der Waals surface area contributed by atoms with Crippen molar-refractivity contribution in [3.8, 4) is 0 Å². The van der Waals surface area contributed by atoms with Gasteiger partial charge in [0.1, 0.15) is 0 Å². The van der Waals surface area contributed by atoms with Crippen LogP contribution in [0.25, 0.3) is 0 Å². The van der Waals surface area contributed by atoms with Crippen molar-refractivity contribution in [2.45, 2.75) is 24.8 Å². The Morgan fingerprint density at radius 3 is 2.24 bits per heavy atom. The molecule has 0 heterocycles. The van der Waals surface area contributed by atoms with E-state index >= 15 is 0 Å². The number of rotatable bonds is 6. The number of nitrogens with one attached hydrogen (secondary N) is 1. The zero-order chi connectivity index (χ0) is 18.6. The van der Waals surface area contributed by atoms with Crippen molar-refractivity contribution in [1.29, 1.82) is 0 Å². The highest BCUT2D eigenvalue weighted by atomic mass is 35.5. The first kappa shape index (κ1) is 19.4. The van der Waals surface area contributed by atoms with E-state index in [1.807, 2.05) is 26.0 Å². The molecule has 2 aromatic rings. The third-order valence-electron chi connectivity index (χ3n) is 3.84. The highest BCUT2D eigenvalue weighted by Crippen LogP contribution is 2.17. The maximum absolute atomic E-state index is 12.5. The largest absolute Gasteiger partial charge is 0.348 e. The van der Waals surface area contributed by atoms with Crippen molar-refractivity contribution >= 4 is 27.5 Å². The van der Waals surface area contributed by atoms with Gasteiger partial charge in [0.2, 0.25) is 15.9 Å². The van der Waals surface area contributed by atoms with Crippen LogP contribution >= 0.6 is 11.6 Å².